The number of aromatic nitrogens is 2. The molecule has 0 unspecified atom stereocenters. The minimum absolute atomic E-state index is 0.142. The monoisotopic (exact) mass is 409 g/mol. The molecule has 0 radical (unpaired) electrons. The number of hydrogen-bond donors (Lipinski definition) is 2. The first-order valence-electron chi connectivity index (χ1n) is 8.51. The number of hydrogen-bond acceptors (Lipinski definition) is 7. The molecule has 1 amide bonds. The summed E-state index contributed by atoms with van der Waals surface area (Å²) in [6, 6.07) is 9.27. The van der Waals surface area contributed by atoms with Crippen LogP contribution >= 0.6 is 0 Å². The van der Waals surface area contributed by atoms with Crippen LogP contribution in [-0.4, -0.2) is 51.3 Å². The summed E-state index contributed by atoms with van der Waals surface area (Å²) >= 11 is 0. The summed E-state index contributed by atoms with van der Waals surface area (Å²) in [4.78, 5) is 39.1. The van der Waals surface area contributed by atoms with Crippen LogP contribution in [0.25, 0.3) is 0 Å². The highest BCUT2D eigenvalue weighted by molar-refractivity contribution is 6.03. The third-order valence-electron chi connectivity index (χ3n) is 4.18. The third kappa shape index (κ3) is 4.15. The van der Waals surface area contributed by atoms with Gasteiger partial charge < -0.3 is 19.9 Å². The van der Waals surface area contributed by atoms with E-state index in [2.05, 4.69) is 15.0 Å². The lowest BCUT2D eigenvalue weighted by atomic mass is 10.1. The van der Waals surface area contributed by atoms with Gasteiger partial charge in [-0.1, -0.05) is 18.2 Å². The second-order valence-corrected chi connectivity index (χ2v) is 6.24. The SMILES string of the molecule is CC(=O)O[C@@H]1[C@@H](CO)O[C@@H](n2ccc(NC(=O)c3ccccc3)nc2=O)C1(F)F. The maximum atomic E-state index is 14.7. The Bertz CT molecular complexity index is 966. The number of benzene rings is 1. The Kier molecular flexibility index (Phi) is 5.71. The summed E-state index contributed by atoms with van der Waals surface area (Å²) in [5.41, 5.74) is -0.806. The summed E-state index contributed by atoms with van der Waals surface area (Å²) in [6.45, 7) is 0.0905. The van der Waals surface area contributed by atoms with Crippen LogP contribution < -0.4 is 11.0 Å². The molecule has 9 nitrogen and oxygen atoms in total. The van der Waals surface area contributed by atoms with Gasteiger partial charge in [0.1, 0.15) is 11.9 Å². The molecule has 0 saturated carbocycles. The highest BCUT2D eigenvalue weighted by atomic mass is 19.3. The van der Waals surface area contributed by atoms with Crippen LogP contribution in [-0.2, 0) is 14.3 Å². The van der Waals surface area contributed by atoms with E-state index >= 15 is 0 Å². The minimum Gasteiger partial charge on any atom is -0.453 e. The normalized spacial score (nSPS) is 22.8. The van der Waals surface area contributed by atoms with Crippen LogP contribution in [0.4, 0.5) is 14.6 Å². The minimum atomic E-state index is -3.81. The molecule has 2 aromatic rings. The third-order valence-corrected chi connectivity index (χ3v) is 4.18. The van der Waals surface area contributed by atoms with Crippen LogP contribution in [0.1, 0.15) is 23.5 Å². The zero-order valence-electron chi connectivity index (χ0n) is 15.1. The lowest BCUT2D eigenvalue weighted by Gasteiger charge is -2.23. The van der Waals surface area contributed by atoms with Crippen molar-refractivity contribution in [2.75, 3.05) is 11.9 Å². The number of nitrogens with zero attached hydrogens (tertiary/aromatic N) is 2. The fourth-order valence-corrected chi connectivity index (χ4v) is 2.88. The molecular weight excluding hydrogens is 392 g/mol. The van der Waals surface area contributed by atoms with E-state index in [4.69, 9.17) is 4.74 Å². The number of carbonyl (C=O) groups excluding carboxylic acids is 2. The van der Waals surface area contributed by atoms with Crippen molar-refractivity contribution in [3.8, 4) is 0 Å². The Morgan fingerprint density at radius 1 is 1.31 bits per heavy atom. The number of rotatable bonds is 5. The summed E-state index contributed by atoms with van der Waals surface area (Å²) in [6.07, 6.45) is -4.77. The number of anilines is 1. The van der Waals surface area contributed by atoms with E-state index in [9.17, 15) is 28.3 Å². The molecule has 1 aliphatic rings. The van der Waals surface area contributed by atoms with Crippen LogP contribution in [0, 0.1) is 0 Å². The molecule has 0 spiro atoms. The van der Waals surface area contributed by atoms with E-state index in [0.29, 0.717) is 10.1 Å². The zero-order valence-corrected chi connectivity index (χ0v) is 15.1. The molecule has 3 atom stereocenters. The van der Waals surface area contributed by atoms with Crippen molar-refractivity contribution in [2.24, 2.45) is 0 Å². The van der Waals surface area contributed by atoms with Gasteiger partial charge in [-0.25, -0.2) is 4.79 Å². The van der Waals surface area contributed by atoms with Gasteiger partial charge in [0.25, 0.3) is 5.91 Å². The Morgan fingerprint density at radius 2 is 2.00 bits per heavy atom. The predicted molar refractivity (Wildman–Crippen MR) is 94.4 cm³/mol. The molecule has 2 heterocycles. The summed E-state index contributed by atoms with van der Waals surface area (Å²) < 4.78 is 39.5. The molecule has 1 aromatic carbocycles. The molecular formula is C18H17F2N3O6. The molecule has 2 N–H and O–H groups in total. The van der Waals surface area contributed by atoms with Crippen LogP contribution in [0.5, 0.6) is 0 Å². The molecule has 11 heteroatoms. The highest BCUT2D eigenvalue weighted by Crippen LogP contribution is 2.43. The number of carbonyl (C=O) groups is 2. The van der Waals surface area contributed by atoms with E-state index in [0.717, 1.165) is 19.2 Å². The Morgan fingerprint density at radius 3 is 2.59 bits per heavy atom. The fraction of sp³-hybridized carbons (Fsp3) is 0.333. The second kappa shape index (κ2) is 8.05. The molecule has 29 heavy (non-hydrogen) atoms. The largest absolute Gasteiger partial charge is 0.453 e. The van der Waals surface area contributed by atoms with Gasteiger partial charge in [0.2, 0.25) is 6.23 Å². The molecule has 3 rings (SSSR count). The predicted octanol–water partition coefficient (Wildman–Crippen LogP) is 0.952. The quantitative estimate of drug-likeness (QED) is 0.706. The van der Waals surface area contributed by atoms with Gasteiger partial charge in [-0.2, -0.15) is 13.8 Å². The van der Waals surface area contributed by atoms with Crippen molar-refractivity contribution in [2.45, 2.75) is 31.3 Å². The first-order chi connectivity index (χ1) is 13.7. The molecule has 1 fully saturated rings. The molecule has 154 valence electrons. The molecule has 1 aromatic heterocycles. The molecule has 0 aliphatic carbocycles. The molecule has 0 bridgehead atoms. The van der Waals surface area contributed by atoms with Crippen LogP contribution in [0.3, 0.4) is 0 Å². The van der Waals surface area contributed by atoms with Crippen molar-refractivity contribution in [1.82, 2.24) is 9.55 Å². The first kappa shape index (κ1) is 20.6. The van der Waals surface area contributed by atoms with Crippen LogP contribution in [0.15, 0.2) is 47.4 Å². The van der Waals surface area contributed by atoms with Crippen molar-refractivity contribution < 1.29 is 33.0 Å². The van der Waals surface area contributed by atoms with Gasteiger partial charge in [0.15, 0.2) is 6.10 Å². The van der Waals surface area contributed by atoms with E-state index in [1.807, 2.05) is 0 Å². The van der Waals surface area contributed by atoms with Gasteiger partial charge in [0.05, 0.1) is 6.61 Å². The van der Waals surface area contributed by atoms with Gasteiger partial charge in [0, 0.05) is 18.7 Å². The van der Waals surface area contributed by atoms with E-state index < -0.39 is 48.5 Å². The molecule has 1 saturated heterocycles. The topological polar surface area (TPSA) is 120 Å². The number of amides is 1. The summed E-state index contributed by atoms with van der Waals surface area (Å²) in [5.74, 6) is -5.47. The van der Waals surface area contributed by atoms with Crippen molar-refractivity contribution in [3.63, 3.8) is 0 Å². The van der Waals surface area contributed by atoms with Gasteiger partial charge in [-0.05, 0) is 18.2 Å². The van der Waals surface area contributed by atoms with E-state index in [1.54, 1.807) is 30.3 Å². The number of ether oxygens (including phenoxy) is 2. The Balaban J connectivity index is 1.84. The number of esters is 1. The highest BCUT2D eigenvalue weighted by Gasteiger charge is 2.62. The maximum absolute atomic E-state index is 14.7. The maximum Gasteiger partial charge on any atom is 0.351 e. The smallest absolute Gasteiger partial charge is 0.351 e. The standard InChI is InChI=1S/C18H17F2N3O6/c1-10(25)28-14-12(9-24)29-16(18(14,19)20)23-8-7-13(22-17(23)27)21-15(26)11-5-3-2-4-6-11/h2-8,12,14,16,24H,9H2,1H3,(H,21,22,26,27)/t12-,14-,16-/m1/s1. The average Bonchev–Trinajstić information content (AvgIpc) is 2.92. The van der Waals surface area contributed by atoms with Gasteiger partial charge in [-0.15, -0.1) is 0 Å². The van der Waals surface area contributed by atoms with Crippen molar-refractivity contribution >= 4 is 17.7 Å². The second-order valence-electron chi connectivity index (χ2n) is 6.24. The zero-order chi connectivity index (χ0) is 21.2. The summed E-state index contributed by atoms with van der Waals surface area (Å²) in [7, 11) is 0. The van der Waals surface area contributed by atoms with E-state index in [1.165, 1.54) is 0 Å². The number of alkyl halides is 2. The van der Waals surface area contributed by atoms with Crippen LogP contribution in [0.2, 0.25) is 0 Å². The van der Waals surface area contributed by atoms with Crippen molar-refractivity contribution in [1.29, 1.82) is 0 Å². The lowest BCUT2D eigenvalue weighted by Crippen LogP contribution is -2.44. The lowest BCUT2D eigenvalue weighted by molar-refractivity contribution is -0.174. The van der Waals surface area contributed by atoms with E-state index in [-0.39, 0.29) is 5.82 Å². The Hall–Kier alpha value is -3.18. The number of halogens is 2. The van der Waals surface area contributed by atoms with Crippen molar-refractivity contribution in [3.05, 3.63) is 58.6 Å². The number of nitrogens with one attached hydrogen (secondary N) is 1. The Labute approximate surface area is 162 Å². The fourth-order valence-electron chi connectivity index (χ4n) is 2.88. The van der Waals surface area contributed by atoms with Gasteiger partial charge >= 0.3 is 17.6 Å². The molecule has 1 aliphatic heterocycles. The number of aliphatic hydroxyl groups is 1. The number of aliphatic hydroxyl groups excluding tert-OH is 1. The van der Waals surface area contributed by atoms with Gasteiger partial charge in [-0.3, -0.25) is 14.2 Å². The summed E-state index contributed by atoms with van der Waals surface area (Å²) in [5, 5.41) is 11.7. The first-order valence-corrected chi connectivity index (χ1v) is 8.51. The average molecular weight is 409 g/mol.